The van der Waals surface area contributed by atoms with Gasteiger partial charge in [0.1, 0.15) is 0 Å². The van der Waals surface area contributed by atoms with Gasteiger partial charge in [-0.25, -0.2) is 4.79 Å². The summed E-state index contributed by atoms with van der Waals surface area (Å²) in [6.45, 7) is 2.96. The van der Waals surface area contributed by atoms with E-state index < -0.39 is 34.4 Å². The normalized spacial score (nSPS) is 11.6. The maximum atomic E-state index is 13.5. The summed E-state index contributed by atoms with van der Waals surface area (Å²) in [7, 11) is 0. The summed E-state index contributed by atoms with van der Waals surface area (Å²) in [5, 5.41) is 16.4. The van der Waals surface area contributed by atoms with Crippen LogP contribution in [0.25, 0.3) is 0 Å². The van der Waals surface area contributed by atoms with Crippen LogP contribution in [-0.4, -0.2) is 28.1 Å². The molecule has 1 atom stereocenters. The topological polar surface area (TPSA) is 125 Å². The molecule has 126 valence electrons. The fourth-order valence-corrected chi connectivity index (χ4v) is 1.71. The van der Waals surface area contributed by atoms with Gasteiger partial charge in [0, 0.05) is 12.1 Å². The predicted molar refractivity (Wildman–Crippen MR) is 77.8 cm³/mol. The fourth-order valence-electron chi connectivity index (χ4n) is 1.71. The van der Waals surface area contributed by atoms with Gasteiger partial charge in [-0.05, 0) is 26.0 Å². The lowest BCUT2D eigenvalue weighted by Crippen LogP contribution is -2.29. The van der Waals surface area contributed by atoms with Crippen molar-refractivity contribution in [3.63, 3.8) is 0 Å². The Balaban J connectivity index is 2.01. The summed E-state index contributed by atoms with van der Waals surface area (Å²) in [6.07, 6.45) is -1.21. The number of benzene rings is 1. The number of nitrogens with one attached hydrogen (secondary N) is 1. The van der Waals surface area contributed by atoms with Gasteiger partial charge in [-0.2, -0.15) is 4.39 Å². The molecule has 1 heterocycles. The summed E-state index contributed by atoms with van der Waals surface area (Å²) < 4.78 is 23.2. The first-order chi connectivity index (χ1) is 11.3. The zero-order chi connectivity index (χ0) is 17.9. The average molecular weight is 337 g/mol. The van der Waals surface area contributed by atoms with Crippen LogP contribution < -0.4 is 5.32 Å². The van der Waals surface area contributed by atoms with E-state index in [0.29, 0.717) is 11.8 Å². The number of nitro benzene ring substituents is 1. The zero-order valence-corrected chi connectivity index (χ0v) is 12.6. The van der Waals surface area contributed by atoms with E-state index in [0.717, 1.165) is 12.1 Å². The molecular weight excluding hydrogens is 325 g/mol. The van der Waals surface area contributed by atoms with Crippen LogP contribution in [0.2, 0.25) is 0 Å². The number of carbonyl (C=O) groups is 2. The Hall–Kier alpha value is -3.30. The fraction of sp³-hybridized carbons (Fsp3) is 0.214. The Bertz CT molecular complexity index is 804. The van der Waals surface area contributed by atoms with Crippen molar-refractivity contribution < 1.29 is 28.2 Å². The largest absolute Gasteiger partial charge is 0.449 e. The maximum absolute atomic E-state index is 13.5. The smallest absolute Gasteiger partial charge is 0.339 e. The molecule has 2 aromatic rings. The molecule has 0 spiro atoms. The van der Waals surface area contributed by atoms with E-state index in [2.05, 4.69) is 10.5 Å². The van der Waals surface area contributed by atoms with Gasteiger partial charge in [-0.3, -0.25) is 20.2 Å². The van der Waals surface area contributed by atoms with Crippen molar-refractivity contribution in [3.8, 4) is 0 Å². The lowest BCUT2D eigenvalue weighted by Gasteiger charge is -2.12. The molecule has 0 saturated carbocycles. The van der Waals surface area contributed by atoms with Crippen molar-refractivity contribution in [1.29, 1.82) is 0 Å². The average Bonchev–Trinajstić information content (AvgIpc) is 2.91. The van der Waals surface area contributed by atoms with Gasteiger partial charge >= 0.3 is 11.7 Å². The lowest BCUT2D eigenvalue weighted by atomic mass is 10.2. The molecule has 10 heteroatoms. The van der Waals surface area contributed by atoms with Crippen LogP contribution in [0, 0.1) is 22.9 Å². The monoisotopic (exact) mass is 337 g/mol. The number of esters is 1. The molecular formula is C14H12FN3O6. The minimum Gasteiger partial charge on any atom is -0.449 e. The summed E-state index contributed by atoms with van der Waals surface area (Å²) in [4.78, 5) is 33.3. The Morgan fingerprint density at radius 1 is 1.42 bits per heavy atom. The number of nitrogens with zero attached hydrogens (tertiary/aromatic N) is 2. The van der Waals surface area contributed by atoms with Crippen LogP contribution in [0.3, 0.4) is 0 Å². The van der Waals surface area contributed by atoms with Gasteiger partial charge in [0.05, 0.1) is 16.2 Å². The van der Waals surface area contributed by atoms with Gasteiger partial charge in [-0.15, -0.1) is 0 Å². The van der Waals surface area contributed by atoms with Gasteiger partial charge < -0.3 is 9.26 Å². The van der Waals surface area contributed by atoms with Crippen molar-refractivity contribution in [1.82, 2.24) is 5.16 Å². The van der Waals surface area contributed by atoms with Crippen molar-refractivity contribution in [2.75, 3.05) is 5.32 Å². The number of nitro groups is 1. The van der Waals surface area contributed by atoms with Crippen LogP contribution in [0.1, 0.15) is 23.0 Å². The number of rotatable bonds is 5. The van der Waals surface area contributed by atoms with Gasteiger partial charge in [0.25, 0.3) is 5.91 Å². The molecule has 1 unspecified atom stereocenters. The first kappa shape index (κ1) is 17.1. The van der Waals surface area contributed by atoms with Gasteiger partial charge in [0.2, 0.25) is 11.7 Å². The third kappa shape index (κ3) is 3.91. The van der Waals surface area contributed by atoms with Crippen LogP contribution in [0.4, 0.5) is 16.0 Å². The predicted octanol–water partition coefficient (Wildman–Crippen LogP) is 2.21. The summed E-state index contributed by atoms with van der Waals surface area (Å²) >= 11 is 0. The van der Waals surface area contributed by atoms with E-state index in [1.54, 1.807) is 6.92 Å². The molecule has 0 saturated heterocycles. The highest BCUT2D eigenvalue weighted by atomic mass is 19.1. The van der Waals surface area contributed by atoms with Crippen LogP contribution >= 0.6 is 0 Å². The second-order valence-corrected chi connectivity index (χ2v) is 4.79. The van der Waals surface area contributed by atoms with E-state index >= 15 is 0 Å². The molecule has 0 fully saturated rings. The number of hydrogen-bond acceptors (Lipinski definition) is 7. The Morgan fingerprint density at radius 2 is 2.12 bits per heavy atom. The van der Waals surface area contributed by atoms with Crippen LogP contribution in [-0.2, 0) is 9.53 Å². The van der Waals surface area contributed by atoms with Crippen LogP contribution in [0.15, 0.2) is 28.8 Å². The maximum Gasteiger partial charge on any atom is 0.339 e. The van der Waals surface area contributed by atoms with E-state index in [4.69, 9.17) is 9.26 Å². The van der Waals surface area contributed by atoms with Crippen molar-refractivity contribution in [3.05, 3.63) is 51.5 Å². The van der Waals surface area contributed by atoms with E-state index in [1.165, 1.54) is 13.0 Å². The van der Waals surface area contributed by atoms with Crippen LogP contribution in [0.5, 0.6) is 0 Å². The molecule has 9 nitrogen and oxygen atoms in total. The Kier molecular flexibility index (Phi) is 4.87. The highest BCUT2D eigenvalue weighted by Gasteiger charge is 2.22. The molecule has 0 radical (unpaired) electrons. The molecule has 1 amide bonds. The third-order valence-electron chi connectivity index (χ3n) is 2.91. The quantitative estimate of drug-likeness (QED) is 0.504. The third-order valence-corrected chi connectivity index (χ3v) is 2.91. The number of anilines is 1. The molecule has 0 bridgehead atoms. The molecule has 1 N–H and O–H groups in total. The van der Waals surface area contributed by atoms with E-state index in [-0.39, 0.29) is 11.4 Å². The summed E-state index contributed by atoms with van der Waals surface area (Å²) in [5.41, 5.74) is -0.470. The van der Waals surface area contributed by atoms with Crippen molar-refractivity contribution in [2.45, 2.75) is 20.0 Å². The number of aryl methyl sites for hydroxylation is 1. The molecule has 1 aromatic carbocycles. The number of hydrogen-bond donors (Lipinski definition) is 1. The van der Waals surface area contributed by atoms with Gasteiger partial charge in [0.15, 0.2) is 6.10 Å². The summed E-state index contributed by atoms with van der Waals surface area (Å²) in [5.74, 6) is -2.77. The number of ether oxygens (including phenoxy) is 1. The molecule has 0 aliphatic carbocycles. The van der Waals surface area contributed by atoms with Gasteiger partial charge in [-0.1, -0.05) is 5.16 Å². The minimum absolute atomic E-state index is 0.0850. The minimum atomic E-state index is -1.21. The van der Waals surface area contributed by atoms with E-state index in [1.807, 2.05) is 0 Å². The first-order valence-electron chi connectivity index (χ1n) is 6.67. The number of carbonyl (C=O) groups excluding carboxylic acids is 2. The Labute approximate surface area is 134 Å². The molecule has 24 heavy (non-hydrogen) atoms. The van der Waals surface area contributed by atoms with Crippen molar-refractivity contribution >= 4 is 23.4 Å². The number of aromatic nitrogens is 1. The summed E-state index contributed by atoms with van der Waals surface area (Å²) in [6, 6.07) is 4.02. The zero-order valence-electron chi connectivity index (χ0n) is 12.6. The second-order valence-electron chi connectivity index (χ2n) is 4.79. The highest BCUT2D eigenvalue weighted by molar-refractivity contribution is 5.96. The lowest BCUT2D eigenvalue weighted by molar-refractivity contribution is -0.387. The SMILES string of the molecule is Cc1cc(NC(=O)C(C)OC(=O)c2ccc([N+](=O)[O-])c(F)c2)on1. The number of amides is 1. The standard InChI is InChI=1S/C14H12FN3O6/c1-7-5-12(24-17-7)16-13(19)8(2)23-14(20)9-3-4-11(18(21)22)10(15)6-9/h3-6,8H,1-2H3,(H,16,19). The molecule has 0 aliphatic rings. The Morgan fingerprint density at radius 3 is 2.67 bits per heavy atom. The highest BCUT2D eigenvalue weighted by Crippen LogP contribution is 2.19. The van der Waals surface area contributed by atoms with Crippen molar-refractivity contribution in [2.24, 2.45) is 0 Å². The second kappa shape index (κ2) is 6.86. The van der Waals surface area contributed by atoms with E-state index in [9.17, 15) is 24.1 Å². The number of halogens is 1. The first-order valence-corrected chi connectivity index (χ1v) is 6.67. The molecule has 0 aliphatic heterocycles. The molecule has 1 aromatic heterocycles. The molecule has 2 rings (SSSR count).